The first-order valence-electron chi connectivity index (χ1n) is 6.76. The molecule has 1 heterocycles. The van der Waals surface area contributed by atoms with E-state index in [0.717, 1.165) is 5.69 Å². The van der Waals surface area contributed by atoms with Crippen molar-refractivity contribution in [1.29, 1.82) is 0 Å². The summed E-state index contributed by atoms with van der Waals surface area (Å²) in [6, 6.07) is 10.7. The van der Waals surface area contributed by atoms with Gasteiger partial charge in [-0.1, -0.05) is 32.0 Å². The standard InChI is InChI=1S/C16H18N2O3/c1-11(2)15-13(16(20)21)8-9-18(15)10-14(19)17-12-6-4-3-5-7-12/h3-9,11H,10H2,1-2H3,(H,17,19)(H,20,21). The molecule has 21 heavy (non-hydrogen) atoms. The molecule has 5 nitrogen and oxygen atoms in total. The molecule has 0 saturated heterocycles. The molecule has 0 aliphatic heterocycles. The summed E-state index contributed by atoms with van der Waals surface area (Å²) in [4.78, 5) is 23.3. The lowest BCUT2D eigenvalue weighted by Gasteiger charge is -2.13. The number of aromatic carboxylic acids is 1. The van der Waals surface area contributed by atoms with Crippen LogP contribution in [0, 0.1) is 0 Å². The molecule has 0 aliphatic rings. The molecule has 0 aliphatic carbocycles. The summed E-state index contributed by atoms with van der Waals surface area (Å²) in [6.07, 6.45) is 1.64. The number of nitrogens with zero attached hydrogens (tertiary/aromatic N) is 1. The first-order chi connectivity index (χ1) is 9.99. The number of rotatable bonds is 5. The van der Waals surface area contributed by atoms with Crippen LogP contribution in [-0.2, 0) is 11.3 Å². The Labute approximate surface area is 123 Å². The average Bonchev–Trinajstić information content (AvgIpc) is 2.83. The Balaban J connectivity index is 2.16. The van der Waals surface area contributed by atoms with Gasteiger partial charge in [-0.3, -0.25) is 4.79 Å². The Morgan fingerprint density at radius 3 is 2.43 bits per heavy atom. The van der Waals surface area contributed by atoms with Gasteiger partial charge < -0.3 is 15.0 Å². The Kier molecular flexibility index (Phi) is 4.42. The molecule has 2 N–H and O–H groups in total. The Bertz CT molecular complexity index is 645. The van der Waals surface area contributed by atoms with Gasteiger partial charge in [-0.15, -0.1) is 0 Å². The number of carboxylic acids is 1. The number of para-hydroxylation sites is 1. The fourth-order valence-corrected chi connectivity index (χ4v) is 2.32. The van der Waals surface area contributed by atoms with Crippen molar-refractivity contribution < 1.29 is 14.7 Å². The number of anilines is 1. The van der Waals surface area contributed by atoms with Gasteiger partial charge in [-0.05, 0) is 24.1 Å². The minimum atomic E-state index is -0.971. The number of carbonyl (C=O) groups is 2. The SMILES string of the molecule is CC(C)c1c(C(=O)O)ccn1CC(=O)Nc1ccccc1. The highest BCUT2D eigenvalue weighted by atomic mass is 16.4. The van der Waals surface area contributed by atoms with E-state index in [1.165, 1.54) is 6.07 Å². The van der Waals surface area contributed by atoms with Gasteiger partial charge in [-0.25, -0.2) is 4.79 Å². The third-order valence-corrected chi connectivity index (χ3v) is 3.16. The Morgan fingerprint density at radius 2 is 1.86 bits per heavy atom. The molecule has 0 unspecified atom stereocenters. The quantitative estimate of drug-likeness (QED) is 0.887. The maximum atomic E-state index is 12.1. The van der Waals surface area contributed by atoms with Crippen LogP contribution in [-0.4, -0.2) is 21.6 Å². The van der Waals surface area contributed by atoms with Gasteiger partial charge in [0.15, 0.2) is 0 Å². The highest BCUT2D eigenvalue weighted by Gasteiger charge is 2.19. The molecule has 0 atom stereocenters. The zero-order chi connectivity index (χ0) is 15.4. The highest BCUT2D eigenvalue weighted by Crippen LogP contribution is 2.21. The van der Waals surface area contributed by atoms with Crippen molar-refractivity contribution in [3.8, 4) is 0 Å². The lowest BCUT2D eigenvalue weighted by Crippen LogP contribution is -2.20. The van der Waals surface area contributed by atoms with E-state index in [-0.39, 0.29) is 23.9 Å². The van der Waals surface area contributed by atoms with Crippen molar-refractivity contribution in [2.24, 2.45) is 0 Å². The van der Waals surface area contributed by atoms with Gasteiger partial charge in [0.2, 0.25) is 5.91 Å². The Morgan fingerprint density at radius 1 is 1.19 bits per heavy atom. The number of amides is 1. The van der Waals surface area contributed by atoms with Crippen LogP contribution in [0.4, 0.5) is 5.69 Å². The largest absolute Gasteiger partial charge is 0.478 e. The van der Waals surface area contributed by atoms with Crippen LogP contribution in [0.3, 0.4) is 0 Å². The van der Waals surface area contributed by atoms with Crippen molar-refractivity contribution >= 4 is 17.6 Å². The molecule has 1 aromatic carbocycles. The number of hydrogen-bond acceptors (Lipinski definition) is 2. The number of aromatic nitrogens is 1. The van der Waals surface area contributed by atoms with E-state index in [1.807, 2.05) is 32.0 Å². The van der Waals surface area contributed by atoms with Gasteiger partial charge in [-0.2, -0.15) is 0 Å². The minimum absolute atomic E-state index is 0.0237. The van der Waals surface area contributed by atoms with Crippen LogP contribution in [0.5, 0.6) is 0 Å². The molecule has 0 bridgehead atoms. The molecule has 0 radical (unpaired) electrons. The van der Waals surface area contributed by atoms with Crippen LogP contribution in [0.25, 0.3) is 0 Å². The highest BCUT2D eigenvalue weighted by molar-refractivity contribution is 5.92. The summed E-state index contributed by atoms with van der Waals surface area (Å²) >= 11 is 0. The van der Waals surface area contributed by atoms with Crippen LogP contribution in [0.1, 0.15) is 35.8 Å². The lowest BCUT2D eigenvalue weighted by atomic mass is 10.1. The van der Waals surface area contributed by atoms with Gasteiger partial charge in [0.05, 0.1) is 5.56 Å². The van der Waals surface area contributed by atoms with Crippen LogP contribution >= 0.6 is 0 Å². The molecular formula is C16H18N2O3. The number of nitrogens with one attached hydrogen (secondary N) is 1. The third kappa shape index (κ3) is 3.51. The van der Waals surface area contributed by atoms with Crippen LogP contribution in [0.2, 0.25) is 0 Å². The summed E-state index contributed by atoms with van der Waals surface area (Å²) < 4.78 is 1.69. The lowest BCUT2D eigenvalue weighted by molar-refractivity contribution is -0.116. The average molecular weight is 286 g/mol. The third-order valence-electron chi connectivity index (χ3n) is 3.16. The zero-order valence-corrected chi connectivity index (χ0v) is 12.0. The van der Waals surface area contributed by atoms with Crippen LogP contribution in [0.15, 0.2) is 42.6 Å². The molecule has 5 heteroatoms. The fraction of sp³-hybridized carbons (Fsp3) is 0.250. The molecular weight excluding hydrogens is 268 g/mol. The van der Waals surface area contributed by atoms with E-state index >= 15 is 0 Å². The van der Waals surface area contributed by atoms with E-state index in [4.69, 9.17) is 0 Å². The van der Waals surface area contributed by atoms with Gasteiger partial charge in [0.25, 0.3) is 0 Å². The maximum absolute atomic E-state index is 12.1. The van der Waals surface area contributed by atoms with Gasteiger partial charge >= 0.3 is 5.97 Å². The van der Waals surface area contributed by atoms with E-state index in [0.29, 0.717) is 5.69 Å². The van der Waals surface area contributed by atoms with Crippen LogP contribution < -0.4 is 5.32 Å². The zero-order valence-electron chi connectivity index (χ0n) is 12.0. The smallest absolute Gasteiger partial charge is 0.337 e. The summed E-state index contributed by atoms with van der Waals surface area (Å²) in [5, 5.41) is 12.0. The fourth-order valence-electron chi connectivity index (χ4n) is 2.32. The molecule has 1 amide bonds. The summed E-state index contributed by atoms with van der Waals surface area (Å²) in [7, 11) is 0. The maximum Gasteiger partial charge on any atom is 0.337 e. The predicted molar refractivity (Wildman–Crippen MR) is 80.6 cm³/mol. The Hall–Kier alpha value is -2.56. The van der Waals surface area contributed by atoms with Crippen molar-refractivity contribution in [3.63, 3.8) is 0 Å². The summed E-state index contributed by atoms with van der Waals surface area (Å²) in [5.74, 6) is -1.13. The van der Waals surface area contributed by atoms with E-state index < -0.39 is 5.97 Å². The second kappa shape index (κ2) is 6.26. The molecule has 0 fully saturated rings. The van der Waals surface area contributed by atoms with E-state index in [1.54, 1.807) is 22.9 Å². The number of carbonyl (C=O) groups excluding carboxylic acids is 1. The molecule has 1 aromatic heterocycles. The summed E-state index contributed by atoms with van der Waals surface area (Å²) in [5.41, 5.74) is 1.63. The number of carboxylic acid groups (broad SMARTS) is 1. The molecule has 0 saturated carbocycles. The van der Waals surface area contributed by atoms with Gasteiger partial charge in [0, 0.05) is 17.6 Å². The first-order valence-corrected chi connectivity index (χ1v) is 6.76. The number of benzene rings is 1. The van der Waals surface area contributed by atoms with E-state index in [9.17, 15) is 14.7 Å². The van der Waals surface area contributed by atoms with E-state index in [2.05, 4.69) is 5.32 Å². The monoisotopic (exact) mass is 286 g/mol. The van der Waals surface area contributed by atoms with Crippen molar-refractivity contribution in [1.82, 2.24) is 4.57 Å². The predicted octanol–water partition coefficient (Wildman–Crippen LogP) is 2.95. The van der Waals surface area contributed by atoms with Crippen molar-refractivity contribution in [3.05, 3.63) is 53.9 Å². The van der Waals surface area contributed by atoms with Gasteiger partial charge in [0.1, 0.15) is 6.54 Å². The second-order valence-corrected chi connectivity index (χ2v) is 5.12. The molecule has 2 aromatic rings. The number of hydrogen-bond donors (Lipinski definition) is 2. The molecule has 0 spiro atoms. The first kappa shape index (κ1) is 14.8. The van der Waals surface area contributed by atoms with Crippen molar-refractivity contribution in [2.75, 3.05) is 5.32 Å². The molecule has 2 rings (SSSR count). The molecule has 110 valence electrons. The topological polar surface area (TPSA) is 71.3 Å². The minimum Gasteiger partial charge on any atom is -0.478 e. The second-order valence-electron chi connectivity index (χ2n) is 5.12. The van der Waals surface area contributed by atoms with Crippen molar-refractivity contribution in [2.45, 2.75) is 26.3 Å². The summed E-state index contributed by atoms with van der Waals surface area (Å²) in [6.45, 7) is 3.91. The normalized spacial score (nSPS) is 10.6.